The van der Waals surface area contributed by atoms with Gasteiger partial charge < -0.3 is 18.5 Å². The Balaban J connectivity index is 1.72. The molecule has 0 spiro atoms. The van der Waals surface area contributed by atoms with E-state index in [1.807, 2.05) is 30.3 Å². The van der Waals surface area contributed by atoms with E-state index in [2.05, 4.69) is 15.9 Å². The van der Waals surface area contributed by atoms with Crippen molar-refractivity contribution >= 4 is 39.7 Å². The van der Waals surface area contributed by atoms with Crippen molar-refractivity contribution in [3.8, 4) is 23.1 Å². The third-order valence-electron chi connectivity index (χ3n) is 6.10. The molecule has 2 heterocycles. The number of rotatable bonds is 7. The quantitative estimate of drug-likeness (QED) is 0.105. The Bertz CT molecular complexity index is 1630. The molecule has 8 nitrogen and oxygen atoms in total. The van der Waals surface area contributed by atoms with Crippen molar-refractivity contribution in [2.45, 2.75) is 13.8 Å². The molecule has 196 valence electrons. The van der Waals surface area contributed by atoms with Crippen LogP contribution in [0.25, 0.3) is 23.1 Å². The number of hydrogen-bond acceptors (Lipinski definition) is 7. The van der Waals surface area contributed by atoms with Crippen molar-refractivity contribution in [3.05, 3.63) is 105 Å². The van der Waals surface area contributed by atoms with E-state index in [0.717, 1.165) is 10.0 Å². The van der Waals surface area contributed by atoms with Gasteiger partial charge in [0.05, 0.1) is 25.3 Å². The number of ether oxygens (including phenoxy) is 2. The van der Waals surface area contributed by atoms with Gasteiger partial charge in [0, 0.05) is 38.8 Å². The third-order valence-corrected chi connectivity index (χ3v) is 6.63. The fraction of sp³-hybridized carbons (Fsp3) is 0.133. The molecule has 0 atom stereocenters. The average molecular weight is 587 g/mol. The number of benzene rings is 2. The van der Waals surface area contributed by atoms with Crippen molar-refractivity contribution in [2.24, 2.45) is 0 Å². The maximum absolute atomic E-state index is 13.5. The number of hydrogen-bond donors (Lipinski definition) is 0. The minimum atomic E-state index is -0.628. The molecule has 0 aliphatic heterocycles. The van der Waals surface area contributed by atoms with Crippen LogP contribution >= 0.6 is 15.9 Å². The van der Waals surface area contributed by atoms with Gasteiger partial charge in [-0.05, 0) is 62.4 Å². The summed E-state index contributed by atoms with van der Waals surface area (Å²) in [6, 6.07) is 19.2. The number of esters is 2. The first-order valence-electron chi connectivity index (χ1n) is 11.7. The number of halogens is 1. The zero-order valence-electron chi connectivity index (χ0n) is 21.6. The van der Waals surface area contributed by atoms with Gasteiger partial charge in [-0.25, -0.2) is 9.59 Å². The van der Waals surface area contributed by atoms with Gasteiger partial charge in [-0.15, -0.1) is 0 Å². The first-order chi connectivity index (χ1) is 18.7. The molecule has 0 N–H and O–H groups in total. The van der Waals surface area contributed by atoms with Crippen LogP contribution in [-0.2, 0) is 9.47 Å². The Morgan fingerprint density at radius 1 is 0.923 bits per heavy atom. The van der Waals surface area contributed by atoms with Crippen LogP contribution in [0.5, 0.6) is 0 Å². The second-order valence-electron chi connectivity index (χ2n) is 8.58. The van der Waals surface area contributed by atoms with E-state index in [0.29, 0.717) is 34.2 Å². The summed E-state index contributed by atoms with van der Waals surface area (Å²) in [5.41, 5.74) is 2.97. The van der Waals surface area contributed by atoms with Gasteiger partial charge >= 0.3 is 11.9 Å². The molecule has 0 aliphatic carbocycles. The van der Waals surface area contributed by atoms with E-state index < -0.39 is 17.7 Å². The number of Topliss-reactive ketones (excluding diaryl/α,β-unsaturated/α-hetero) is 1. The predicted molar refractivity (Wildman–Crippen MR) is 148 cm³/mol. The summed E-state index contributed by atoms with van der Waals surface area (Å²) >= 11 is 3.40. The van der Waals surface area contributed by atoms with Crippen molar-refractivity contribution < 1.29 is 28.3 Å². The molecule has 39 heavy (non-hydrogen) atoms. The fourth-order valence-corrected chi connectivity index (χ4v) is 4.50. The zero-order chi connectivity index (χ0) is 28.3. The first-order valence-corrected chi connectivity index (χ1v) is 12.5. The number of methoxy groups -OCH3 is 2. The van der Waals surface area contributed by atoms with Crippen LogP contribution in [0.4, 0.5) is 0 Å². The summed E-state index contributed by atoms with van der Waals surface area (Å²) in [6.45, 7) is 3.50. The maximum Gasteiger partial charge on any atom is 0.337 e. The minimum absolute atomic E-state index is 0.106. The van der Waals surface area contributed by atoms with Gasteiger partial charge in [-0.1, -0.05) is 28.1 Å². The Morgan fingerprint density at radius 2 is 1.54 bits per heavy atom. The number of aromatic nitrogens is 1. The molecule has 0 radical (unpaired) electrons. The largest absolute Gasteiger partial charge is 0.465 e. The van der Waals surface area contributed by atoms with Crippen molar-refractivity contribution in [2.75, 3.05) is 14.2 Å². The number of furan rings is 1. The van der Waals surface area contributed by atoms with Gasteiger partial charge in [0.1, 0.15) is 23.2 Å². The van der Waals surface area contributed by atoms with E-state index >= 15 is 0 Å². The highest BCUT2D eigenvalue weighted by molar-refractivity contribution is 9.10. The summed E-state index contributed by atoms with van der Waals surface area (Å²) in [6.07, 6.45) is 1.41. The van der Waals surface area contributed by atoms with E-state index in [4.69, 9.17) is 13.9 Å². The lowest BCUT2D eigenvalue weighted by Gasteiger charge is -2.13. The number of nitriles is 1. The SMILES string of the molecule is COC(=O)c1cc(C(=O)OC)cc(-n2c(C)cc(C(=O)/C(C#N)=C/c3ccc(-c4ccc(Br)cc4)o3)c2C)c1. The number of carbonyl (C=O) groups is 3. The van der Waals surface area contributed by atoms with Gasteiger partial charge in [-0.3, -0.25) is 4.79 Å². The Kier molecular flexibility index (Phi) is 7.98. The molecule has 0 saturated heterocycles. The van der Waals surface area contributed by atoms with Gasteiger partial charge in [0.15, 0.2) is 0 Å². The average Bonchev–Trinajstić information content (AvgIpc) is 3.53. The highest BCUT2D eigenvalue weighted by atomic mass is 79.9. The third kappa shape index (κ3) is 5.61. The molecule has 0 saturated carbocycles. The fourth-order valence-electron chi connectivity index (χ4n) is 4.24. The lowest BCUT2D eigenvalue weighted by atomic mass is 10.0. The van der Waals surface area contributed by atoms with Crippen molar-refractivity contribution in [3.63, 3.8) is 0 Å². The highest BCUT2D eigenvalue weighted by Crippen LogP contribution is 2.28. The molecular formula is C30H23BrN2O6. The van der Waals surface area contributed by atoms with Crippen molar-refractivity contribution in [1.29, 1.82) is 5.26 Å². The highest BCUT2D eigenvalue weighted by Gasteiger charge is 2.22. The van der Waals surface area contributed by atoms with Crippen LogP contribution in [0.15, 0.2) is 75.1 Å². The molecule has 0 amide bonds. The smallest absolute Gasteiger partial charge is 0.337 e. The summed E-state index contributed by atoms with van der Waals surface area (Å²) in [5.74, 6) is -0.785. The molecule has 0 bridgehead atoms. The molecule has 0 fully saturated rings. The summed E-state index contributed by atoms with van der Waals surface area (Å²) in [4.78, 5) is 38.0. The van der Waals surface area contributed by atoms with E-state index in [1.165, 1.54) is 26.4 Å². The van der Waals surface area contributed by atoms with E-state index in [1.54, 1.807) is 48.7 Å². The van der Waals surface area contributed by atoms with Crippen molar-refractivity contribution in [1.82, 2.24) is 4.57 Å². The van der Waals surface area contributed by atoms with Crippen LogP contribution < -0.4 is 0 Å². The molecule has 4 rings (SSSR count). The zero-order valence-corrected chi connectivity index (χ0v) is 23.2. The van der Waals surface area contributed by atoms with E-state index in [9.17, 15) is 19.6 Å². The van der Waals surface area contributed by atoms with Crippen LogP contribution in [0, 0.1) is 25.2 Å². The van der Waals surface area contributed by atoms with Gasteiger partial charge in [0.25, 0.3) is 0 Å². The van der Waals surface area contributed by atoms with Gasteiger partial charge in [0.2, 0.25) is 5.78 Å². The molecule has 0 unspecified atom stereocenters. The van der Waals surface area contributed by atoms with Crippen LogP contribution in [0.1, 0.15) is 48.2 Å². The summed E-state index contributed by atoms with van der Waals surface area (Å²) in [5, 5.41) is 9.81. The lowest BCUT2D eigenvalue weighted by Crippen LogP contribution is -2.10. The molecule has 2 aromatic carbocycles. The first kappa shape index (κ1) is 27.4. The monoisotopic (exact) mass is 586 g/mol. The van der Waals surface area contributed by atoms with Crippen LogP contribution in [0.3, 0.4) is 0 Å². The number of nitrogens with zero attached hydrogens (tertiary/aromatic N) is 2. The second-order valence-corrected chi connectivity index (χ2v) is 9.50. The van der Waals surface area contributed by atoms with Crippen LogP contribution in [-0.4, -0.2) is 36.5 Å². The molecule has 4 aromatic rings. The summed E-state index contributed by atoms with van der Waals surface area (Å²) in [7, 11) is 2.48. The number of allylic oxidation sites excluding steroid dienone is 1. The second kappa shape index (κ2) is 11.4. The minimum Gasteiger partial charge on any atom is -0.465 e. The maximum atomic E-state index is 13.5. The number of carbonyl (C=O) groups excluding carboxylic acids is 3. The molecule has 9 heteroatoms. The van der Waals surface area contributed by atoms with Gasteiger partial charge in [-0.2, -0.15) is 5.26 Å². The molecular weight excluding hydrogens is 564 g/mol. The lowest BCUT2D eigenvalue weighted by molar-refractivity contribution is 0.0599. The van der Waals surface area contributed by atoms with Crippen LogP contribution in [0.2, 0.25) is 0 Å². The Labute approximate surface area is 233 Å². The van der Waals surface area contributed by atoms with E-state index in [-0.39, 0.29) is 16.7 Å². The topological polar surface area (TPSA) is 112 Å². The summed E-state index contributed by atoms with van der Waals surface area (Å²) < 4.78 is 18.2. The standard InChI is InChI=1S/C30H23BrN2O6/c1-17-11-26(18(2)33(17)24-13-20(29(35)37-3)12-21(14-24)30(36)38-4)28(34)22(16-32)15-25-9-10-27(39-25)19-5-7-23(31)8-6-19/h5-15H,1-4H3/b22-15+. The normalized spacial score (nSPS) is 11.1. The molecule has 0 aliphatic rings. The predicted octanol–water partition coefficient (Wildman–Crippen LogP) is 6.48. The number of aryl methyl sites for hydroxylation is 1. The Morgan fingerprint density at radius 3 is 2.10 bits per heavy atom. The Hall–Kier alpha value is -4.68. The molecule has 2 aromatic heterocycles. The number of ketones is 1.